The number of hydrogen-bond acceptors (Lipinski definition) is 4. The van der Waals surface area contributed by atoms with Gasteiger partial charge in [-0.2, -0.15) is 0 Å². The van der Waals surface area contributed by atoms with Crippen molar-refractivity contribution in [1.29, 1.82) is 0 Å². The maximum atomic E-state index is 13.6. The third-order valence-electron chi connectivity index (χ3n) is 6.06. The van der Waals surface area contributed by atoms with Crippen molar-refractivity contribution in [2.75, 3.05) is 11.9 Å². The van der Waals surface area contributed by atoms with Crippen molar-refractivity contribution in [3.8, 4) is 23.1 Å². The van der Waals surface area contributed by atoms with Gasteiger partial charge in [0.2, 0.25) is 11.8 Å². The summed E-state index contributed by atoms with van der Waals surface area (Å²) in [5, 5.41) is 2.98. The highest BCUT2D eigenvalue weighted by Crippen LogP contribution is 2.42. The predicted octanol–water partition coefficient (Wildman–Crippen LogP) is 4.99. The summed E-state index contributed by atoms with van der Waals surface area (Å²) in [6.07, 6.45) is 0.392. The van der Waals surface area contributed by atoms with Gasteiger partial charge in [-0.05, 0) is 50.6 Å². The van der Waals surface area contributed by atoms with Crippen LogP contribution in [0.15, 0.2) is 71.5 Å². The molecule has 0 spiro atoms. The highest BCUT2D eigenvalue weighted by Gasteiger charge is 2.30. The van der Waals surface area contributed by atoms with Gasteiger partial charge >= 0.3 is 0 Å². The van der Waals surface area contributed by atoms with E-state index in [0.29, 0.717) is 41.7 Å². The zero-order valence-corrected chi connectivity index (χ0v) is 20.0. The molecule has 5 rings (SSSR count). The average Bonchev–Trinajstić information content (AvgIpc) is 3.11. The van der Waals surface area contributed by atoms with Gasteiger partial charge < -0.3 is 14.8 Å². The number of carbonyl (C=O) groups is 1. The number of hydrogen-bond donors (Lipinski definition) is 1. The summed E-state index contributed by atoms with van der Waals surface area (Å²) >= 11 is 0. The monoisotopic (exact) mass is 469 g/mol. The average molecular weight is 470 g/mol. The number of nitrogens with zero attached hydrogens (tertiary/aromatic N) is 2. The predicted molar refractivity (Wildman–Crippen MR) is 135 cm³/mol. The normalized spacial score (nSPS) is 11.9. The van der Waals surface area contributed by atoms with Crippen LogP contribution in [0.2, 0.25) is 0 Å². The molecule has 0 saturated heterocycles. The highest BCUT2D eigenvalue weighted by molar-refractivity contribution is 5.91. The summed E-state index contributed by atoms with van der Waals surface area (Å²) in [4.78, 5) is 26.8. The van der Waals surface area contributed by atoms with Gasteiger partial charge in [0.15, 0.2) is 11.5 Å². The molecule has 3 aromatic carbocycles. The van der Waals surface area contributed by atoms with E-state index in [0.717, 1.165) is 22.4 Å². The molecule has 2 heterocycles. The van der Waals surface area contributed by atoms with Crippen LogP contribution in [0.4, 0.5) is 5.69 Å². The lowest BCUT2D eigenvalue weighted by Crippen LogP contribution is -2.27. The van der Waals surface area contributed by atoms with Crippen molar-refractivity contribution in [2.45, 2.75) is 33.7 Å². The van der Waals surface area contributed by atoms with Gasteiger partial charge in [0.25, 0.3) is 5.56 Å². The first kappa shape index (κ1) is 22.5. The molecule has 4 aromatic rings. The van der Waals surface area contributed by atoms with Crippen molar-refractivity contribution in [3.63, 3.8) is 0 Å². The van der Waals surface area contributed by atoms with Crippen LogP contribution in [0.5, 0.6) is 17.4 Å². The van der Waals surface area contributed by atoms with E-state index in [2.05, 4.69) is 5.32 Å². The Morgan fingerprint density at radius 3 is 2.60 bits per heavy atom. The third kappa shape index (κ3) is 4.21. The Kier molecular flexibility index (Phi) is 5.91. The number of aromatic nitrogens is 2. The fourth-order valence-corrected chi connectivity index (χ4v) is 4.46. The molecule has 1 aliphatic heterocycles. The van der Waals surface area contributed by atoms with E-state index < -0.39 is 0 Å². The minimum absolute atomic E-state index is 0.0983. The summed E-state index contributed by atoms with van der Waals surface area (Å²) in [5.74, 6) is 1.29. The Labute approximate surface area is 203 Å². The van der Waals surface area contributed by atoms with Crippen molar-refractivity contribution in [2.24, 2.45) is 0 Å². The Balaban J connectivity index is 1.58. The SMILES string of the molecule is CCOc1cccc2c1Oc1c(c(=O)n(-c3ccccc3)n1CC(=O)Nc1ccc(C)cc1C)C2. The molecule has 0 radical (unpaired) electrons. The van der Waals surface area contributed by atoms with Crippen LogP contribution in [0.1, 0.15) is 29.2 Å². The second kappa shape index (κ2) is 9.18. The fourth-order valence-electron chi connectivity index (χ4n) is 4.46. The number of rotatable bonds is 6. The number of anilines is 1. The van der Waals surface area contributed by atoms with E-state index in [9.17, 15) is 9.59 Å². The molecule has 0 unspecified atom stereocenters. The van der Waals surface area contributed by atoms with Gasteiger partial charge in [0.05, 0.1) is 17.9 Å². The molecule has 7 nitrogen and oxygen atoms in total. The van der Waals surface area contributed by atoms with Crippen LogP contribution >= 0.6 is 0 Å². The number of amides is 1. The lowest BCUT2D eigenvalue weighted by Gasteiger charge is -2.21. The van der Waals surface area contributed by atoms with E-state index >= 15 is 0 Å². The Bertz CT molecular complexity index is 1470. The van der Waals surface area contributed by atoms with Gasteiger partial charge in [0, 0.05) is 17.7 Å². The molecule has 178 valence electrons. The number of nitrogens with one attached hydrogen (secondary N) is 1. The van der Waals surface area contributed by atoms with Crippen molar-refractivity contribution >= 4 is 11.6 Å². The second-order valence-electron chi connectivity index (χ2n) is 8.62. The van der Waals surface area contributed by atoms with Gasteiger partial charge in [0.1, 0.15) is 6.54 Å². The van der Waals surface area contributed by atoms with Crippen LogP contribution in [0.25, 0.3) is 5.69 Å². The number of ether oxygens (including phenoxy) is 2. The molecule has 0 fully saturated rings. The summed E-state index contributed by atoms with van der Waals surface area (Å²) in [6, 6.07) is 20.8. The molecule has 1 amide bonds. The first-order valence-electron chi connectivity index (χ1n) is 11.7. The van der Waals surface area contributed by atoms with Crippen LogP contribution in [-0.4, -0.2) is 21.9 Å². The molecule has 0 saturated carbocycles. The molecule has 35 heavy (non-hydrogen) atoms. The maximum absolute atomic E-state index is 13.6. The zero-order valence-electron chi connectivity index (χ0n) is 20.0. The quantitative estimate of drug-likeness (QED) is 0.380. The second-order valence-corrected chi connectivity index (χ2v) is 8.62. The van der Waals surface area contributed by atoms with Crippen LogP contribution in [-0.2, 0) is 17.8 Å². The minimum atomic E-state index is -0.257. The number of aryl methyl sites for hydroxylation is 2. The Morgan fingerprint density at radius 1 is 1.06 bits per heavy atom. The van der Waals surface area contributed by atoms with Crippen LogP contribution in [0, 0.1) is 13.8 Å². The number of fused-ring (bicyclic) bond motifs is 2. The van der Waals surface area contributed by atoms with Gasteiger partial charge in [-0.25, -0.2) is 9.36 Å². The number of para-hydroxylation sites is 2. The van der Waals surface area contributed by atoms with Crippen molar-refractivity contribution in [1.82, 2.24) is 9.36 Å². The lowest BCUT2D eigenvalue weighted by atomic mass is 10.0. The number of benzene rings is 3. The molecule has 7 heteroatoms. The minimum Gasteiger partial charge on any atom is -0.490 e. The zero-order chi connectivity index (χ0) is 24.5. The van der Waals surface area contributed by atoms with Gasteiger partial charge in [-0.1, -0.05) is 48.0 Å². The van der Waals surface area contributed by atoms with Crippen LogP contribution < -0.4 is 20.3 Å². The van der Waals surface area contributed by atoms with Gasteiger partial charge in [-0.15, -0.1) is 0 Å². The summed E-state index contributed by atoms with van der Waals surface area (Å²) in [7, 11) is 0. The largest absolute Gasteiger partial charge is 0.490 e. The molecule has 1 N–H and O–H groups in total. The van der Waals surface area contributed by atoms with Crippen LogP contribution in [0.3, 0.4) is 0 Å². The molecular formula is C28H27N3O4. The van der Waals surface area contributed by atoms with Crippen molar-refractivity contribution < 1.29 is 14.3 Å². The van der Waals surface area contributed by atoms with E-state index in [1.165, 1.54) is 4.68 Å². The highest BCUT2D eigenvalue weighted by atomic mass is 16.5. The Morgan fingerprint density at radius 2 is 1.86 bits per heavy atom. The maximum Gasteiger partial charge on any atom is 0.278 e. The molecule has 0 atom stereocenters. The van der Waals surface area contributed by atoms with E-state index in [1.54, 1.807) is 4.68 Å². The summed E-state index contributed by atoms with van der Waals surface area (Å²) < 4.78 is 15.2. The van der Waals surface area contributed by atoms with E-state index in [4.69, 9.17) is 9.47 Å². The molecule has 1 aromatic heterocycles. The molecule has 1 aliphatic rings. The van der Waals surface area contributed by atoms with Gasteiger partial charge in [-0.3, -0.25) is 9.59 Å². The summed E-state index contributed by atoms with van der Waals surface area (Å²) in [6.45, 7) is 6.26. The molecular weight excluding hydrogens is 442 g/mol. The Hall–Kier alpha value is -4.26. The topological polar surface area (TPSA) is 74.5 Å². The molecule has 0 aliphatic carbocycles. The smallest absolute Gasteiger partial charge is 0.278 e. The fraction of sp³-hybridized carbons (Fsp3) is 0.214. The number of carbonyl (C=O) groups excluding carboxylic acids is 1. The first-order valence-corrected chi connectivity index (χ1v) is 11.7. The third-order valence-corrected chi connectivity index (χ3v) is 6.06. The standard InChI is InChI=1S/C28H27N3O4/c1-4-34-24-12-8-9-20-16-22-27(33)31(21-10-6-5-7-11-21)30(28(22)35-26(20)24)17-25(32)29-23-14-13-18(2)15-19(23)3/h5-15H,4,16-17H2,1-3H3,(H,29,32). The van der Waals surface area contributed by atoms with Crippen molar-refractivity contribution in [3.05, 3.63) is 99.3 Å². The van der Waals surface area contributed by atoms with E-state index in [1.807, 2.05) is 87.5 Å². The first-order chi connectivity index (χ1) is 17.0. The van der Waals surface area contributed by atoms with E-state index in [-0.39, 0.29) is 18.0 Å². The lowest BCUT2D eigenvalue weighted by molar-refractivity contribution is -0.117. The molecule has 0 bridgehead atoms. The summed E-state index contributed by atoms with van der Waals surface area (Å²) in [5.41, 5.74) is 4.66.